The van der Waals surface area contributed by atoms with Gasteiger partial charge in [-0.25, -0.2) is 0 Å². The Morgan fingerprint density at radius 2 is 1.40 bits per heavy atom. The first kappa shape index (κ1) is 35.2. The van der Waals surface area contributed by atoms with Crippen LogP contribution in [0.15, 0.2) is 52.3 Å². The molecule has 4 rings (SSSR count). The molecule has 2 N–H and O–H groups in total. The number of benzene rings is 2. The lowest BCUT2D eigenvalue weighted by Gasteiger charge is -2.36. The second-order valence-electron chi connectivity index (χ2n) is 11.3. The third kappa shape index (κ3) is 12.0. The number of carboxylic acids is 1. The molecule has 1 saturated heterocycles. The zero-order chi connectivity index (χ0) is 31.1. The number of halogens is 3. The molecule has 0 unspecified atom stereocenters. The van der Waals surface area contributed by atoms with Gasteiger partial charge in [-0.15, -0.1) is 0 Å². The molecule has 0 bridgehead atoms. The standard InChI is InChI=1S/C22H26F3N3OS.C11H22O2/c23-22(24,25)17-6-7-21-19(16-17)28(18-4-1-2-5-20(18)30-21)9-3-8-26-10-12-27(13-11-26)14-15-29;1-2-3-4-5-6-7-8-9-10-11(12)13/h1-2,4-7,16,29H,3,8-15H2;2-10H2,1H3,(H,12,13). The molecule has 43 heavy (non-hydrogen) atoms. The van der Waals surface area contributed by atoms with Crippen molar-refractivity contribution >= 4 is 29.1 Å². The predicted molar refractivity (Wildman–Crippen MR) is 168 cm³/mol. The Kier molecular flexibility index (Phi) is 15.2. The van der Waals surface area contributed by atoms with Crippen LogP contribution in [-0.2, 0) is 11.0 Å². The van der Waals surface area contributed by atoms with Crippen molar-refractivity contribution in [3.63, 3.8) is 0 Å². The fourth-order valence-corrected chi connectivity index (χ4v) is 6.56. The van der Waals surface area contributed by atoms with Crippen LogP contribution in [0.25, 0.3) is 0 Å². The molecule has 0 radical (unpaired) electrons. The lowest BCUT2D eigenvalue weighted by atomic mass is 10.1. The van der Waals surface area contributed by atoms with E-state index in [0.717, 1.165) is 67.5 Å². The third-order valence-electron chi connectivity index (χ3n) is 7.93. The molecule has 2 aliphatic heterocycles. The molecule has 240 valence electrons. The smallest absolute Gasteiger partial charge is 0.416 e. The number of alkyl halides is 3. The van der Waals surface area contributed by atoms with Crippen LogP contribution in [0.4, 0.5) is 24.5 Å². The molecule has 0 saturated carbocycles. The summed E-state index contributed by atoms with van der Waals surface area (Å²) in [5.74, 6) is -0.661. The zero-order valence-corrected chi connectivity index (χ0v) is 26.3. The maximum atomic E-state index is 13.3. The highest BCUT2D eigenvalue weighted by atomic mass is 32.2. The average Bonchev–Trinajstić information content (AvgIpc) is 2.98. The van der Waals surface area contributed by atoms with Gasteiger partial charge in [0, 0.05) is 55.5 Å². The molecule has 6 nitrogen and oxygen atoms in total. The number of aliphatic hydroxyl groups excluding tert-OH is 1. The van der Waals surface area contributed by atoms with Crippen LogP contribution in [-0.4, -0.2) is 78.4 Å². The third-order valence-corrected chi connectivity index (χ3v) is 9.06. The number of β-amino-alcohol motifs (C(OH)–C–C–N with tert-alkyl or cyclic N) is 1. The van der Waals surface area contributed by atoms with Crippen molar-refractivity contribution < 1.29 is 28.2 Å². The number of para-hydroxylation sites is 1. The fraction of sp³-hybridized carbons (Fsp3) is 0.606. The van der Waals surface area contributed by atoms with Crippen molar-refractivity contribution in [1.29, 1.82) is 0 Å². The molecule has 1 fully saturated rings. The normalized spacial score (nSPS) is 15.4. The van der Waals surface area contributed by atoms with Crippen molar-refractivity contribution in [2.24, 2.45) is 0 Å². The van der Waals surface area contributed by atoms with Crippen molar-refractivity contribution in [2.45, 2.75) is 87.1 Å². The molecule has 0 aliphatic carbocycles. The number of hydrogen-bond acceptors (Lipinski definition) is 6. The molecule has 2 aromatic rings. The first-order valence-corrected chi connectivity index (χ1v) is 16.6. The molecule has 0 amide bonds. The summed E-state index contributed by atoms with van der Waals surface area (Å²) in [6.45, 7) is 8.51. The molecule has 2 aromatic carbocycles. The number of rotatable bonds is 15. The van der Waals surface area contributed by atoms with Crippen LogP contribution >= 0.6 is 11.8 Å². The van der Waals surface area contributed by atoms with Gasteiger partial charge in [0.15, 0.2) is 0 Å². The Labute approximate surface area is 259 Å². The number of aliphatic carboxylic acids is 1. The van der Waals surface area contributed by atoms with Crippen molar-refractivity contribution in [3.05, 3.63) is 48.0 Å². The minimum Gasteiger partial charge on any atom is -0.481 e. The summed E-state index contributed by atoms with van der Waals surface area (Å²) in [5, 5.41) is 17.5. The SMILES string of the molecule is CCCCCCCCCCC(=O)O.OCCN1CCN(CCCN2c3ccccc3Sc3ccc(C(F)(F)F)cc32)CC1. The quantitative estimate of drug-likeness (QED) is 0.196. The van der Waals surface area contributed by atoms with Crippen LogP contribution in [0.2, 0.25) is 0 Å². The van der Waals surface area contributed by atoms with Crippen LogP contribution in [0.5, 0.6) is 0 Å². The number of piperazine rings is 1. The van der Waals surface area contributed by atoms with E-state index in [0.29, 0.717) is 25.2 Å². The van der Waals surface area contributed by atoms with E-state index in [2.05, 4.69) is 16.7 Å². The highest BCUT2D eigenvalue weighted by molar-refractivity contribution is 7.99. The van der Waals surface area contributed by atoms with Gasteiger partial charge in [-0.2, -0.15) is 13.2 Å². The highest BCUT2D eigenvalue weighted by Crippen LogP contribution is 2.49. The maximum absolute atomic E-state index is 13.3. The zero-order valence-electron chi connectivity index (χ0n) is 25.5. The largest absolute Gasteiger partial charge is 0.481 e. The van der Waals surface area contributed by atoms with Gasteiger partial charge in [-0.1, -0.05) is 75.8 Å². The van der Waals surface area contributed by atoms with E-state index < -0.39 is 17.7 Å². The molecular weight excluding hydrogens is 575 g/mol. The van der Waals surface area contributed by atoms with Crippen LogP contribution in [0, 0.1) is 0 Å². The molecule has 0 spiro atoms. The molecule has 2 heterocycles. The van der Waals surface area contributed by atoms with Crippen molar-refractivity contribution in [2.75, 3.05) is 57.3 Å². The number of aliphatic hydroxyl groups is 1. The summed E-state index contributed by atoms with van der Waals surface area (Å²) in [6.07, 6.45) is 6.57. The van der Waals surface area contributed by atoms with E-state index in [9.17, 15) is 18.0 Å². The van der Waals surface area contributed by atoms with E-state index >= 15 is 0 Å². The van der Waals surface area contributed by atoms with E-state index in [1.54, 1.807) is 6.07 Å². The number of hydrogen-bond donors (Lipinski definition) is 2. The minimum atomic E-state index is -4.35. The second-order valence-corrected chi connectivity index (χ2v) is 12.4. The first-order valence-electron chi connectivity index (χ1n) is 15.8. The van der Waals surface area contributed by atoms with Gasteiger partial charge >= 0.3 is 12.1 Å². The number of fused-ring (bicyclic) bond motifs is 2. The highest BCUT2D eigenvalue weighted by Gasteiger charge is 2.33. The Hall–Kier alpha value is -2.27. The summed E-state index contributed by atoms with van der Waals surface area (Å²) < 4.78 is 39.9. The second kappa shape index (κ2) is 18.5. The van der Waals surface area contributed by atoms with Gasteiger partial charge in [0.05, 0.1) is 23.5 Å². The topological polar surface area (TPSA) is 67.2 Å². The average molecular weight is 624 g/mol. The van der Waals surface area contributed by atoms with Gasteiger partial charge in [0.25, 0.3) is 0 Å². The maximum Gasteiger partial charge on any atom is 0.416 e. The lowest BCUT2D eigenvalue weighted by molar-refractivity contribution is -0.138. The van der Waals surface area contributed by atoms with E-state index in [1.165, 1.54) is 62.4 Å². The lowest BCUT2D eigenvalue weighted by Crippen LogP contribution is -2.47. The van der Waals surface area contributed by atoms with Crippen LogP contribution < -0.4 is 4.90 Å². The number of carboxylic acid groups (broad SMARTS) is 1. The van der Waals surface area contributed by atoms with E-state index in [1.807, 2.05) is 29.2 Å². The number of anilines is 2. The molecule has 10 heteroatoms. The monoisotopic (exact) mass is 623 g/mol. The fourth-order valence-electron chi connectivity index (χ4n) is 5.49. The van der Waals surface area contributed by atoms with Gasteiger partial charge in [-0.05, 0) is 49.7 Å². The van der Waals surface area contributed by atoms with Gasteiger partial charge < -0.3 is 20.0 Å². The number of nitrogens with zero attached hydrogens (tertiary/aromatic N) is 3. The predicted octanol–water partition coefficient (Wildman–Crippen LogP) is 7.91. The number of carbonyl (C=O) groups is 1. The van der Waals surface area contributed by atoms with E-state index in [-0.39, 0.29) is 6.61 Å². The van der Waals surface area contributed by atoms with E-state index in [4.69, 9.17) is 10.2 Å². The van der Waals surface area contributed by atoms with Crippen LogP contribution in [0.1, 0.15) is 76.7 Å². The molecular formula is C33H48F3N3O3S. The van der Waals surface area contributed by atoms with Gasteiger partial charge in [-0.3, -0.25) is 9.69 Å². The van der Waals surface area contributed by atoms with Crippen molar-refractivity contribution in [1.82, 2.24) is 9.80 Å². The van der Waals surface area contributed by atoms with Gasteiger partial charge in [0.1, 0.15) is 0 Å². The molecule has 0 atom stereocenters. The summed E-state index contributed by atoms with van der Waals surface area (Å²) in [6, 6.07) is 11.9. The summed E-state index contributed by atoms with van der Waals surface area (Å²) in [4.78, 5) is 18.8. The Morgan fingerprint density at radius 1 is 0.791 bits per heavy atom. The Bertz CT molecular complexity index is 1110. The number of unbranched alkanes of at least 4 members (excludes halogenated alkanes) is 7. The summed E-state index contributed by atoms with van der Waals surface area (Å²) >= 11 is 1.53. The Balaban J connectivity index is 0.000000331. The molecule has 2 aliphatic rings. The Morgan fingerprint density at radius 3 is 2.02 bits per heavy atom. The minimum absolute atomic E-state index is 0.186. The van der Waals surface area contributed by atoms with Crippen LogP contribution in [0.3, 0.4) is 0 Å². The summed E-state index contributed by atoms with van der Waals surface area (Å²) in [5.41, 5.74) is 1.01. The summed E-state index contributed by atoms with van der Waals surface area (Å²) in [7, 11) is 0. The molecule has 0 aromatic heterocycles. The first-order chi connectivity index (χ1) is 20.7. The van der Waals surface area contributed by atoms with Crippen molar-refractivity contribution in [3.8, 4) is 0 Å². The van der Waals surface area contributed by atoms with Gasteiger partial charge in [0.2, 0.25) is 0 Å².